The lowest BCUT2D eigenvalue weighted by molar-refractivity contribution is -0.135. The first-order chi connectivity index (χ1) is 6.48. The van der Waals surface area contributed by atoms with Crippen molar-refractivity contribution in [2.75, 3.05) is 0 Å². The van der Waals surface area contributed by atoms with Crippen LogP contribution >= 0.6 is 0 Å². The van der Waals surface area contributed by atoms with Crippen molar-refractivity contribution in [2.24, 2.45) is 17.8 Å². The Balaban J connectivity index is 1.99. The van der Waals surface area contributed by atoms with Crippen molar-refractivity contribution in [3.63, 3.8) is 0 Å². The number of hydrogen-bond donors (Lipinski definition) is 0. The Kier molecular flexibility index (Phi) is 1.46. The molecule has 0 spiro atoms. The first kappa shape index (κ1) is 8.75. The molecule has 0 N–H and O–H groups in total. The summed E-state index contributed by atoms with van der Waals surface area (Å²) in [4.78, 5) is 14.4. The van der Waals surface area contributed by atoms with Crippen LogP contribution < -0.4 is 0 Å². The molecule has 3 fully saturated rings. The minimum absolute atomic E-state index is 0.0357. The molecule has 2 heteroatoms. The first-order valence-electron chi connectivity index (χ1n) is 5.81. The Morgan fingerprint density at radius 3 is 2.43 bits per heavy atom. The van der Waals surface area contributed by atoms with Gasteiger partial charge in [-0.1, -0.05) is 0 Å². The second kappa shape index (κ2) is 2.34. The number of likely N-dealkylation sites (tertiary alicyclic amines) is 1. The van der Waals surface area contributed by atoms with Gasteiger partial charge in [0.1, 0.15) is 0 Å². The Morgan fingerprint density at radius 2 is 1.93 bits per heavy atom. The minimum atomic E-state index is 0.0357. The van der Waals surface area contributed by atoms with Crippen LogP contribution in [0.3, 0.4) is 0 Å². The van der Waals surface area contributed by atoms with Crippen LogP contribution in [-0.4, -0.2) is 22.4 Å². The highest BCUT2D eigenvalue weighted by Crippen LogP contribution is 2.56. The van der Waals surface area contributed by atoms with E-state index < -0.39 is 0 Å². The van der Waals surface area contributed by atoms with E-state index in [1.165, 1.54) is 19.3 Å². The van der Waals surface area contributed by atoms with Crippen molar-refractivity contribution in [1.82, 2.24) is 4.90 Å². The SMILES string of the molecule is CC(C)(C)N1C(=O)C2CC3CC2C1C3. The Bertz CT molecular complexity index is 291. The van der Waals surface area contributed by atoms with Gasteiger partial charge >= 0.3 is 0 Å². The standard InChI is InChI=1S/C12H19NO/c1-12(2,3)13-10-6-7-4-8(10)9(5-7)11(13)14/h7-10H,4-6H2,1-3H3. The molecule has 0 aromatic heterocycles. The predicted octanol–water partition coefficient (Wildman–Crippen LogP) is 2.04. The van der Waals surface area contributed by atoms with Gasteiger partial charge in [0.2, 0.25) is 5.91 Å². The quantitative estimate of drug-likeness (QED) is 0.576. The number of fused-ring (bicyclic) bond motifs is 1. The van der Waals surface area contributed by atoms with Crippen molar-refractivity contribution in [2.45, 2.75) is 51.6 Å². The van der Waals surface area contributed by atoms with Crippen LogP contribution in [0.2, 0.25) is 0 Å². The van der Waals surface area contributed by atoms with Gasteiger partial charge in [-0.15, -0.1) is 0 Å². The van der Waals surface area contributed by atoms with Crippen molar-refractivity contribution < 1.29 is 4.79 Å². The van der Waals surface area contributed by atoms with Crippen molar-refractivity contribution in [3.05, 3.63) is 0 Å². The van der Waals surface area contributed by atoms with Crippen molar-refractivity contribution in [3.8, 4) is 0 Å². The molecule has 78 valence electrons. The molecule has 3 rings (SSSR count). The maximum atomic E-state index is 12.2. The molecule has 1 aliphatic heterocycles. The van der Waals surface area contributed by atoms with Gasteiger partial charge in [0.05, 0.1) is 0 Å². The Hall–Kier alpha value is -0.530. The molecule has 2 aliphatic carbocycles. The average Bonchev–Trinajstić information content (AvgIpc) is 2.60. The number of hydrogen-bond acceptors (Lipinski definition) is 1. The smallest absolute Gasteiger partial charge is 0.226 e. The summed E-state index contributed by atoms with van der Waals surface area (Å²) in [6, 6.07) is 0.589. The third-order valence-electron chi connectivity index (χ3n) is 4.39. The molecule has 14 heavy (non-hydrogen) atoms. The van der Waals surface area contributed by atoms with E-state index in [0.29, 0.717) is 23.8 Å². The summed E-state index contributed by atoms with van der Waals surface area (Å²) in [6.07, 6.45) is 3.80. The normalized spacial score (nSPS) is 45.4. The highest BCUT2D eigenvalue weighted by Gasteiger charge is 2.60. The molecule has 4 unspecified atom stereocenters. The number of amides is 1. The maximum absolute atomic E-state index is 12.2. The molecule has 1 saturated heterocycles. The summed E-state index contributed by atoms with van der Waals surface area (Å²) >= 11 is 0. The lowest BCUT2D eigenvalue weighted by Crippen LogP contribution is -2.47. The molecule has 1 amide bonds. The summed E-state index contributed by atoms with van der Waals surface area (Å²) in [6.45, 7) is 6.51. The first-order valence-corrected chi connectivity index (χ1v) is 5.81. The third-order valence-corrected chi connectivity index (χ3v) is 4.39. The van der Waals surface area contributed by atoms with Gasteiger partial charge in [-0.3, -0.25) is 4.79 Å². The monoisotopic (exact) mass is 193 g/mol. The summed E-state index contributed by atoms with van der Waals surface area (Å²) < 4.78 is 0. The topological polar surface area (TPSA) is 20.3 Å². The Morgan fingerprint density at radius 1 is 1.21 bits per heavy atom. The van der Waals surface area contributed by atoms with E-state index >= 15 is 0 Å². The third kappa shape index (κ3) is 0.896. The predicted molar refractivity (Wildman–Crippen MR) is 54.7 cm³/mol. The van der Waals surface area contributed by atoms with Crippen molar-refractivity contribution >= 4 is 5.91 Å². The number of rotatable bonds is 0. The molecule has 1 heterocycles. The highest BCUT2D eigenvalue weighted by molar-refractivity contribution is 5.83. The fraction of sp³-hybridized carbons (Fsp3) is 0.917. The maximum Gasteiger partial charge on any atom is 0.226 e. The van der Waals surface area contributed by atoms with Crippen LogP contribution in [0.25, 0.3) is 0 Å². The molecular weight excluding hydrogens is 174 g/mol. The van der Waals surface area contributed by atoms with Crippen LogP contribution in [0.1, 0.15) is 40.0 Å². The minimum Gasteiger partial charge on any atom is -0.334 e. The molecule has 0 aromatic rings. The van der Waals surface area contributed by atoms with Crippen LogP contribution in [-0.2, 0) is 4.79 Å². The largest absolute Gasteiger partial charge is 0.334 e. The van der Waals surface area contributed by atoms with Gasteiger partial charge in [0, 0.05) is 17.5 Å². The zero-order valence-corrected chi connectivity index (χ0v) is 9.29. The van der Waals surface area contributed by atoms with Gasteiger partial charge in [-0.2, -0.15) is 0 Å². The molecule has 2 nitrogen and oxygen atoms in total. The van der Waals surface area contributed by atoms with E-state index in [0.717, 1.165) is 5.92 Å². The summed E-state index contributed by atoms with van der Waals surface area (Å²) in [5.74, 6) is 2.43. The van der Waals surface area contributed by atoms with E-state index in [2.05, 4.69) is 25.7 Å². The average molecular weight is 193 g/mol. The lowest BCUT2D eigenvalue weighted by Gasteiger charge is -2.37. The van der Waals surface area contributed by atoms with E-state index in [4.69, 9.17) is 0 Å². The molecule has 2 bridgehead atoms. The molecule has 0 aromatic carbocycles. The van der Waals surface area contributed by atoms with Crippen LogP contribution in [0, 0.1) is 17.8 Å². The zero-order chi connectivity index (χ0) is 10.1. The molecule has 0 radical (unpaired) electrons. The fourth-order valence-electron chi connectivity index (χ4n) is 4.06. The van der Waals surface area contributed by atoms with E-state index in [1.54, 1.807) is 0 Å². The Labute approximate surface area is 85.7 Å². The molecule has 3 aliphatic rings. The fourth-order valence-corrected chi connectivity index (χ4v) is 4.06. The van der Waals surface area contributed by atoms with Crippen LogP contribution in [0.5, 0.6) is 0 Å². The van der Waals surface area contributed by atoms with E-state index in [1.807, 2.05) is 0 Å². The van der Waals surface area contributed by atoms with Crippen LogP contribution in [0.15, 0.2) is 0 Å². The molecular formula is C12H19NO. The van der Waals surface area contributed by atoms with Crippen molar-refractivity contribution in [1.29, 1.82) is 0 Å². The number of nitrogens with zero attached hydrogens (tertiary/aromatic N) is 1. The summed E-state index contributed by atoms with van der Waals surface area (Å²) in [7, 11) is 0. The second-order valence-corrected chi connectivity index (χ2v) is 6.29. The van der Waals surface area contributed by atoms with E-state index in [9.17, 15) is 4.79 Å². The van der Waals surface area contributed by atoms with Gasteiger partial charge in [-0.25, -0.2) is 0 Å². The van der Waals surface area contributed by atoms with Gasteiger partial charge in [-0.05, 0) is 51.9 Å². The molecule has 4 atom stereocenters. The number of carbonyl (C=O) groups excluding carboxylic acids is 1. The van der Waals surface area contributed by atoms with Gasteiger partial charge in [0.25, 0.3) is 0 Å². The number of carbonyl (C=O) groups is 1. The highest BCUT2D eigenvalue weighted by atomic mass is 16.2. The van der Waals surface area contributed by atoms with Crippen LogP contribution in [0.4, 0.5) is 0 Å². The van der Waals surface area contributed by atoms with Gasteiger partial charge in [0.15, 0.2) is 0 Å². The van der Waals surface area contributed by atoms with Gasteiger partial charge < -0.3 is 4.90 Å². The summed E-state index contributed by atoms with van der Waals surface area (Å²) in [5, 5.41) is 0. The van der Waals surface area contributed by atoms with E-state index in [-0.39, 0.29) is 5.54 Å². The second-order valence-electron chi connectivity index (χ2n) is 6.29. The summed E-state index contributed by atoms with van der Waals surface area (Å²) in [5.41, 5.74) is 0.0357. The lowest BCUT2D eigenvalue weighted by atomic mass is 9.89. The zero-order valence-electron chi connectivity index (χ0n) is 9.29. The molecule has 2 saturated carbocycles.